The molecule has 8 heteroatoms. The number of amides is 3. The summed E-state index contributed by atoms with van der Waals surface area (Å²) in [6.45, 7) is 8.09. The van der Waals surface area contributed by atoms with Crippen LogP contribution in [0.5, 0.6) is 5.75 Å². The molecule has 2 saturated heterocycles. The number of carbonyl (C=O) groups excluding carboxylic acids is 3. The Labute approximate surface area is 171 Å². The lowest BCUT2D eigenvalue weighted by atomic mass is 9.89. The first kappa shape index (κ1) is 21.0. The lowest BCUT2D eigenvalue weighted by Crippen LogP contribution is -2.50. The first-order valence-electron chi connectivity index (χ1n) is 9.92. The number of piperidine rings is 1. The molecular weight excluding hydrogens is 374 g/mol. The number of anilines is 1. The van der Waals surface area contributed by atoms with Crippen LogP contribution in [0.15, 0.2) is 18.2 Å². The van der Waals surface area contributed by atoms with Crippen molar-refractivity contribution in [1.29, 1.82) is 0 Å². The lowest BCUT2D eigenvalue weighted by molar-refractivity contribution is -0.134. The summed E-state index contributed by atoms with van der Waals surface area (Å²) in [6, 6.07) is 5.78. The van der Waals surface area contributed by atoms with Crippen LogP contribution >= 0.6 is 0 Å². The number of methoxy groups -OCH3 is 1. The van der Waals surface area contributed by atoms with Crippen molar-refractivity contribution in [2.75, 3.05) is 38.2 Å². The third-order valence-corrected chi connectivity index (χ3v) is 5.13. The van der Waals surface area contributed by atoms with E-state index in [0.717, 1.165) is 11.3 Å². The van der Waals surface area contributed by atoms with Gasteiger partial charge in [0.05, 0.1) is 13.0 Å². The summed E-state index contributed by atoms with van der Waals surface area (Å²) in [4.78, 5) is 39.8. The smallest absolute Gasteiger partial charge is 0.410 e. The summed E-state index contributed by atoms with van der Waals surface area (Å²) in [7, 11) is 1.58. The zero-order valence-corrected chi connectivity index (χ0v) is 17.5. The highest BCUT2D eigenvalue weighted by Gasteiger charge is 2.31. The first-order valence-corrected chi connectivity index (χ1v) is 9.92. The summed E-state index contributed by atoms with van der Waals surface area (Å²) in [5.41, 5.74) is 1.25. The minimum atomic E-state index is -0.507. The molecule has 8 nitrogen and oxygen atoms in total. The summed E-state index contributed by atoms with van der Waals surface area (Å²) >= 11 is 0. The molecule has 2 fully saturated rings. The molecule has 3 rings (SSSR count). The molecule has 0 saturated carbocycles. The third-order valence-electron chi connectivity index (χ3n) is 5.13. The van der Waals surface area contributed by atoms with Gasteiger partial charge in [-0.2, -0.15) is 0 Å². The molecule has 0 spiro atoms. The zero-order chi connectivity index (χ0) is 21.2. The predicted octanol–water partition coefficient (Wildman–Crippen LogP) is 2.27. The highest BCUT2D eigenvalue weighted by atomic mass is 16.6. The van der Waals surface area contributed by atoms with E-state index in [1.165, 1.54) is 0 Å². The largest absolute Gasteiger partial charge is 0.496 e. The maximum absolute atomic E-state index is 12.2. The van der Waals surface area contributed by atoms with Crippen LogP contribution in [-0.2, 0) is 14.3 Å². The van der Waals surface area contributed by atoms with Gasteiger partial charge in [-0.3, -0.25) is 14.9 Å². The van der Waals surface area contributed by atoms with Gasteiger partial charge in [0, 0.05) is 49.9 Å². The van der Waals surface area contributed by atoms with Crippen LogP contribution in [-0.4, -0.2) is 61.7 Å². The van der Waals surface area contributed by atoms with Crippen LogP contribution < -0.4 is 15.0 Å². The number of ether oxygens (including phenoxy) is 2. The van der Waals surface area contributed by atoms with Gasteiger partial charge in [-0.05, 0) is 33.3 Å². The molecule has 0 aromatic heterocycles. The fraction of sp³-hybridized carbons (Fsp3) is 0.571. The van der Waals surface area contributed by atoms with E-state index in [9.17, 15) is 14.4 Å². The fourth-order valence-electron chi connectivity index (χ4n) is 3.65. The Morgan fingerprint density at radius 2 is 1.83 bits per heavy atom. The topological polar surface area (TPSA) is 88.2 Å². The number of nitrogens with zero attached hydrogens (tertiary/aromatic N) is 2. The molecule has 0 aliphatic carbocycles. The molecule has 1 N–H and O–H groups in total. The monoisotopic (exact) mass is 403 g/mol. The molecule has 2 heterocycles. The van der Waals surface area contributed by atoms with Crippen molar-refractivity contribution in [1.82, 2.24) is 10.2 Å². The molecule has 0 bridgehead atoms. The second-order valence-electron chi connectivity index (χ2n) is 8.38. The Hall–Kier alpha value is -2.77. The molecular formula is C21H29N3O5. The Morgan fingerprint density at radius 1 is 1.14 bits per heavy atom. The zero-order valence-electron chi connectivity index (χ0n) is 17.5. The second kappa shape index (κ2) is 8.31. The van der Waals surface area contributed by atoms with Crippen LogP contribution in [0.25, 0.3) is 0 Å². The van der Waals surface area contributed by atoms with Crippen molar-refractivity contribution in [2.45, 2.75) is 45.1 Å². The number of hydrogen-bond donors (Lipinski definition) is 1. The molecule has 3 amide bonds. The molecule has 29 heavy (non-hydrogen) atoms. The van der Waals surface area contributed by atoms with E-state index in [0.29, 0.717) is 44.8 Å². The van der Waals surface area contributed by atoms with Crippen molar-refractivity contribution in [3.05, 3.63) is 23.8 Å². The number of benzene rings is 1. The minimum Gasteiger partial charge on any atom is -0.496 e. The van der Waals surface area contributed by atoms with E-state index >= 15 is 0 Å². The Kier molecular flexibility index (Phi) is 6.00. The Morgan fingerprint density at radius 3 is 2.41 bits per heavy atom. The number of imide groups is 1. The number of piperazine rings is 1. The highest BCUT2D eigenvalue weighted by molar-refractivity contribution is 6.01. The van der Waals surface area contributed by atoms with Gasteiger partial charge in [0.1, 0.15) is 11.4 Å². The van der Waals surface area contributed by atoms with Crippen molar-refractivity contribution in [3.63, 3.8) is 0 Å². The van der Waals surface area contributed by atoms with Crippen LogP contribution in [0.1, 0.15) is 45.1 Å². The van der Waals surface area contributed by atoms with E-state index in [-0.39, 0.29) is 23.8 Å². The molecule has 1 unspecified atom stereocenters. The van der Waals surface area contributed by atoms with Crippen molar-refractivity contribution >= 4 is 23.6 Å². The minimum absolute atomic E-state index is 0.232. The van der Waals surface area contributed by atoms with Gasteiger partial charge in [0.15, 0.2) is 0 Å². The standard InChI is InChI=1S/C21H29N3O5/c1-21(2,3)29-20(27)24-11-9-23(10-12-24)14-5-6-15(17(13-14)28-4)16-7-8-18(25)22-19(16)26/h5-6,13,16H,7-12H2,1-4H3,(H,22,25,26). The average Bonchev–Trinajstić information content (AvgIpc) is 2.66. The summed E-state index contributed by atoms with van der Waals surface area (Å²) in [6.07, 6.45) is 0.519. The normalized spacial score (nSPS) is 20.3. The maximum Gasteiger partial charge on any atom is 0.410 e. The summed E-state index contributed by atoms with van der Waals surface area (Å²) in [5, 5.41) is 2.40. The van der Waals surface area contributed by atoms with E-state index in [1.807, 2.05) is 39.0 Å². The highest BCUT2D eigenvalue weighted by Crippen LogP contribution is 2.35. The van der Waals surface area contributed by atoms with Crippen LogP contribution in [0.4, 0.5) is 10.5 Å². The molecule has 1 atom stereocenters. The van der Waals surface area contributed by atoms with Gasteiger partial charge in [0.2, 0.25) is 11.8 Å². The number of carbonyl (C=O) groups is 3. The van der Waals surface area contributed by atoms with Crippen LogP contribution in [0.3, 0.4) is 0 Å². The molecule has 0 radical (unpaired) electrons. The molecule has 1 aromatic carbocycles. The summed E-state index contributed by atoms with van der Waals surface area (Å²) < 4.78 is 11.0. The van der Waals surface area contributed by atoms with Crippen molar-refractivity contribution in [2.24, 2.45) is 0 Å². The molecule has 158 valence electrons. The van der Waals surface area contributed by atoms with E-state index in [1.54, 1.807) is 12.0 Å². The maximum atomic E-state index is 12.2. The van der Waals surface area contributed by atoms with E-state index in [4.69, 9.17) is 9.47 Å². The van der Waals surface area contributed by atoms with E-state index < -0.39 is 5.60 Å². The predicted molar refractivity (Wildman–Crippen MR) is 108 cm³/mol. The summed E-state index contributed by atoms with van der Waals surface area (Å²) in [5.74, 6) is -0.268. The first-order chi connectivity index (χ1) is 13.7. The van der Waals surface area contributed by atoms with Crippen LogP contribution in [0, 0.1) is 0 Å². The van der Waals surface area contributed by atoms with Gasteiger partial charge in [-0.1, -0.05) is 6.07 Å². The molecule has 2 aliphatic rings. The molecule has 1 aromatic rings. The van der Waals surface area contributed by atoms with Crippen LogP contribution in [0.2, 0.25) is 0 Å². The van der Waals surface area contributed by atoms with E-state index in [2.05, 4.69) is 10.2 Å². The number of hydrogen-bond acceptors (Lipinski definition) is 6. The number of nitrogens with one attached hydrogen (secondary N) is 1. The SMILES string of the molecule is COc1cc(N2CCN(C(=O)OC(C)(C)C)CC2)ccc1C1CCC(=O)NC1=O. The Bertz CT molecular complexity index is 794. The van der Waals surface area contributed by atoms with Gasteiger partial charge in [0.25, 0.3) is 0 Å². The molecule has 2 aliphatic heterocycles. The second-order valence-corrected chi connectivity index (χ2v) is 8.38. The van der Waals surface area contributed by atoms with Gasteiger partial charge in [-0.25, -0.2) is 4.79 Å². The fourth-order valence-corrected chi connectivity index (χ4v) is 3.65. The van der Waals surface area contributed by atoms with Crippen molar-refractivity contribution < 1.29 is 23.9 Å². The quantitative estimate of drug-likeness (QED) is 0.779. The third kappa shape index (κ3) is 4.99. The van der Waals surface area contributed by atoms with Gasteiger partial charge >= 0.3 is 6.09 Å². The number of rotatable bonds is 3. The van der Waals surface area contributed by atoms with Gasteiger partial charge < -0.3 is 19.3 Å². The lowest BCUT2D eigenvalue weighted by Gasteiger charge is -2.37. The van der Waals surface area contributed by atoms with Gasteiger partial charge in [-0.15, -0.1) is 0 Å². The average molecular weight is 403 g/mol. The Balaban J connectivity index is 1.67. The van der Waals surface area contributed by atoms with Crippen molar-refractivity contribution in [3.8, 4) is 5.75 Å².